The number of benzene rings is 2. The first-order valence-corrected chi connectivity index (χ1v) is 12.0. The molecule has 1 fully saturated rings. The number of esters is 1. The molecule has 1 heterocycles. The molecule has 0 saturated carbocycles. The molecule has 0 aromatic heterocycles. The Morgan fingerprint density at radius 2 is 1.47 bits per heavy atom. The second-order valence-electron chi connectivity index (χ2n) is 8.25. The third-order valence-corrected chi connectivity index (χ3v) is 5.56. The summed E-state index contributed by atoms with van der Waals surface area (Å²) in [6.07, 6.45) is 4.70. The van der Waals surface area contributed by atoms with Crippen LogP contribution < -0.4 is 9.47 Å². The lowest BCUT2D eigenvalue weighted by Gasteiger charge is -2.26. The maximum absolute atomic E-state index is 13.3. The zero-order valence-electron chi connectivity index (χ0n) is 20.0. The summed E-state index contributed by atoms with van der Waals surface area (Å²) in [4.78, 5) is 40.2. The average molecular weight is 468 g/mol. The van der Waals surface area contributed by atoms with Crippen molar-refractivity contribution < 1.29 is 28.6 Å². The Balaban J connectivity index is 1.76. The van der Waals surface area contributed by atoms with E-state index in [-0.39, 0.29) is 29.4 Å². The molecule has 2 aromatic rings. The van der Waals surface area contributed by atoms with Gasteiger partial charge in [0.15, 0.2) is 23.9 Å². The molecule has 1 aliphatic heterocycles. The average Bonchev–Trinajstić information content (AvgIpc) is 2.89. The van der Waals surface area contributed by atoms with Crippen LogP contribution in [0.1, 0.15) is 72.2 Å². The Labute approximate surface area is 201 Å². The van der Waals surface area contributed by atoms with E-state index in [9.17, 15) is 14.4 Å². The monoisotopic (exact) mass is 467 g/mol. The number of ketones is 1. The van der Waals surface area contributed by atoms with Crippen LogP contribution >= 0.6 is 0 Å². The Morgan fingerprint density at radius 3 is 2.15 bits per heavy atom. The van der Waals surface area contributed by atoms with Gasteiger partial charge in [0, 0.05) is 24.2 Å². The Hall–Kier alpha value is -3.35. The minimum Gasteiger partial charge on any atom is -0.490 e. The van der Waals surface area contributed by atoms with Crippen LogP contribution in [0.2, 0.25) is 0 Å². The van der Waals surface area contributed by atoms with Crippen molar-refractivity contribution in [2.24, 2.45) is 0 Å². The summed E-state index contributed by atoms with van der Waals surface area (Å²) < 4.78 is 16.8. The summed E-state index contributed by atoms with van der Waals surface area (Å²) in [5, 5.41) is 0. The molecule has 1 aliphatic rings. The van der Waals surface area contributed by atoms with Crippen LogP contribution in [0.5, 0.6) is 11.5 Å². The van der Waals surface area contributed by atoms with E-state index in [4.69, 9.17) is 14.2 Å². The molecule has 0 bridgehead atoms. The maximum Gasteiger partial charge on any atom is 0.339 e. The van der Waals surface area contributed by atoms with E-state index < -0.39 is 5.97 Å². The first-order valence-electron chi connectivity index (χ1n) is 12.0. The molecule has 34 heavy (non-hydrogen) atoms. The fourth-order valence-corrected chi connectivity index (χ4v) is 3.76. The van der Waals surface area contributed by atoms with Gasteiger partial charge in [0.1, 0.15) is 0 Å². The van der Waals surface area contributed by atoms with E-state index in [1.54, 1.807) is 41.3 Å². The van der Waals surface area contributed by atoms with Crippen molar-refractivity contribution >= 4 is 17.7 Å². The maximum atomic E-state index is 13.3. The Morgan fingerprint density at radius 1 is 0.824 bits per heavy atom. The number of amides is 1. The van der Waals surface area contributed by atoms with Gasteiger partial charge in [0.2, 0.25) is 0 Å². The number of hydrogen-bond donors (Lipinski definition) is 0. The molecule has 0 N–H and O–H groups in total. The SMILES string of the molecule is CCCOc1ccc(C(=O)c2ccccc2C(=O)OCC(=O)N2CCCCC2)cc1OCCC. The van der Waals surface area contributed by atoms with Crippen molar-refractivity contribution in [3.8, 4) is 11.5 Å². The number of likely N-dealkylation sites (tertiary alicyclic amines) is 1. The molecule has 7 heteroatoms. The van der Waals surface area contributed by atoms with Crippen LogP contribution in [0.3, 0.4) is 0 Å². The lowest BCUT2D eigenvalue weighted by Crippen LogP contribution is -2.38. The number of rotatable bonds is 11. The smallest absolute Gasteiger partial charge is 0.339 e. The Kier molecular flexibility index (Phi) is 9.50. The van der Waals surface area contributed by atoms with Crippen molar-refractivity contribution in [3.63, 3.8) is 0 Å². The van der Waals surface area contributed by atoms with E-state index in [0.717, 1.165) is 32.1 Å². The van der Waals surface area contributed by atoms with Crippen LogP contribution in [-0.4, -0.2) is 55.5 Å². The van der Waals surface area contributed by atoms with E-state index in [0.29, 0.717) is 43.4 Å². The summed E-state index contributed by atoms with van der Waals surface area (Å²) in [6.45, 7) is 6.09. The minimum absolute atomic E-state index is 0.126. The first kappa shape index (κ1) is 25.3. The first-order chi connectivity index (χ1) is 16.5. The quantitative estimate of drug-likeness (QED) is 0.353. The highest BCUT2D eigenvalue weighted by molar-refractivity contribution is 6.14. The molecule has 0 unspecified atom stereocenters. The third kappa shape index (κ3) is 6.59. The number of nitrogens with zero attached hydrogens (tertiary/aromatic N) is 1. The van der Waals surface area contributed by atoms with Gasteiger partial charge in [-0.3, -0.25) is 9.59 Å². The van der Waals surface area contributed by atoms with Crippen LogP contribution in [0, 0.1) is 0 Å². The van der Waals surface area contributed by atoms with Crippen LogP contribution in [-0.2, 0) is 9.53 Å². The normalized spacial score (nSPS) is 13.3. The molecule has 0 spiro atoms. The molecule has 182 valence electrons. The predicted octanol–water partition coefficient (Wildman–Crippen LogP) is 4.66. The lowest BCUT2D eigenvalue weighted by molar-refractivity contribution is -0.135. The van der Waals surface area contributed by atoms with Gasteiger partial charge in [-0.25, -0.2) is 4.79 Å². The summed E-state index contributed by atoms with van der Waals surface area (Å²) >= 11 is 0. The van der Waals surface area contributed by atoms with Crippen LogP contribution in [0.25, 0.3) is 0 Å². The molecular weight excluding hydrogens is 434 g/mol. The van der Waals surface area contributed by atoms with Crippen molar-refractivity contribution in [2.45, 2.75) is 46.0 Å². The van der Waals surface area contributed by atoms with Crippen molar-refractivity contribution in [1.29, 1.82) is 0 Å². The summed E-state index contributed by atoms with van der Waals surface area (Å²) in [7, 11) is 0. The van der Waals surface area contributed by atoms with E-state index in [1.807, 2.05) is 13.8 Å². The fraction of sp³-hybridized carbons (Fsp3) is 0.444. The topological polar surface area (TPSA) is 82.1 Å². The van der Waals surface area contributed by atoms with E-state index >= 15 is 0 Å². The minimum atomic E-state index is -0.695. The van der Waals surface area contributed by atoms with E-state index in [2.05, 4.69) is 0 Å². The molecule has 1 saturated heterocycles. The van der Waals surface area contributed by atoms with Gasteiger partial charge in [-0.1, -0.05) is 32.0 Å². The lowest BCUT2D eigenvalue weighted by atomic mass is 9.98. The van der Waals surface area contributed by atoms with Gasteiger partial charge in [0.05, 0.1) is 18.8 Å². The van der Waals surface area contributed by atoms with Gasteiger partial charge in [-0.2, -0.15) is 0 Å². The van der Waals surface area contributed by atoms with Gasteiger partial charge < -0.3 is 19.1 Å². The van der Waals surface area contributed by atoms with Gasteiger partial charge in [-0.15, -0.1) is 0 Å². The van der Waals surface area contributed by atoms with Gasteiger partial charge in [0.25, 0.3) is 5.91 Å². The standard InChI is InChI=1S/C27H33NO6/c1-3-16-32-23-13-12-20(18-24(23)33-17-4-2)26(30)21-10-6-7-11-22(21)27(31)34-19-25(29)28-14-8-5-9-15-28/h6-7,10-13,18H,3-5,8-9,14-17,19H2,1-2H3. The zero-order chi connectivity index (χ0) is 24.3. The Bertz CT molecular complexity index is 996. The fourth-order valence-electron chi connectivity index (χ4n) is 3.76. The predicted molar refractivity (Wildman–Crippen MR) is 129 cm³/mol. The number of hydrogen-bond acceptors (Lipinski definition) is 6. The van der Waals surface area contributed by atoms with Crippen molar-refractivity contribution in [3.05, 3.63) is 59.2 Å². The van der Waals surface area contributed by atoms with Crippen molar-refractivity contribution in [1.82, 2.24) is 4.90 Å². The highest BCUT2D eigenvalue weighted by atomic mass is 16.5. The van der Waals surface area contributed by atoms with Crippen LogP contribution in [0.4, 0.5) is 0 Å². The molecular formula is C27H33NO6. The molecule has 7 nitrogen and oxygen atoms in total. The molecule has 1 amide bonds. The third-order valence-electron chi connectivity index (χ3n) is 5.56. The summed E-state index contributed by atoms with van der Waals surface area (Å²) in [6, 6.07) is 11.5. The largest absolute Gasteiger partial charge is 0.490 e. The number of ether oxygens (including phenoxy) is 3. The number of carbonyl (C=O) groups excluding carboxylic acids is 3. The summed E-state index contributed by atoms with van der Waals surface area (Å²) in [5.74, 6) is -0.167. The number of carbonyl (C=O) groups is 3. The van der Waals surface area contributed by atoms with E-state index in [1.165, 1.54) is 6.07 Å². The zero-order valence-corrected chi connectivity index (χ0v) is 20.0. The number of piperidine rings is 1. The van der Waals surface area contributed by atoms with Crippen molar-refractivity contribution in [2.75, 3.05) is 32.9 Å². The second kappa shape index (κ2) is 12.8. The van der Waals surface area contributed by atoms with Gasteiger partial charge in [-0.05, 0) is 56.4 Å². The van der Waals surface area contributed by atoms with Crippen LogP contribution in [0.15, 0.2) is 42.5 Å². The molecule has 0 atom stereocenters. The summed E-state index contributed by atoms with van der Waals surface area (Å²) in [5.41, 5.74) is 0.711. The van der Waals surface area contributed by atoms with Gasteiger partial charge >= 0.3 is 5.97 Å². The molecule has 0 radical (unpaired) electrons. The molecule has 2 aromatic carbocycles. The highest BCUT2D eigenvalue weighted by Crippen LogP contribution is 2.30. The highest BCUT2D eigenvalue weighted by Gasteiger charge is 2.23. The molecule has 0 aliphatic carbocycles. The second-order valence-corrected chi connectivity index (χ2v) is 8.25. The molecule has 3 rings (SSSR count).